The molecule has 0 saturated heterocycles. The number of rotatable bonds is 4. The van der Waals surface area contributed by atoms with Crippen LogP contribution in [0.15, 0.2) is 54.6 Å². The zero-order chi connectivity index (χ0) is 19.7. The van der Waals surface area contributed by atoms with Gasteiger partial charge in [-0.15, -0.1) is 11.3 Å². The molecule has 2 amide bonds. The lowest BCUT2D eigenvalue weighted by molar-refractivity contribution is 0.0952. The first-order valence-electron chi connectivity index (χ1n) is 8.74. The largest absolute Gasteiger partial charge is 0.347 e. The Kier molecular flexibility index (Phi) is 4.92. The Morgan fingerprint density at radius 3 is 2.57 bits per heavy atom. The lowest BCUT2D eigenvalue weighted by Crippen LogP contribution is -2.29. The maximum absolute atomic E-state index is 13.2. The van der Waals surface area contributed by atoms with E-state index in [0.717, 1.165) is 10.6 Å². The zero-order valence-corrected chi connectivity index (χ0v) is 15.6. The summed E-state index contributed by atoms with van der Waals surface area (Å²) in [7, 11) is 0. The molecule has 1 aliphatic heterocycles. The van der Waals surface area contributed by atoms with Gasteiger partial charge in [-0.2, -0.15) is 0 Å². The number of hydrogen-bond acceptors (Lipinski definition) is 3. The monoisotopic (exact) mass is 398 g/mol. The second-order valence-electron chi connectivity index (χ2n) is 6.45. The van der Waals surface area contributed by atoms with Crippen LogP contribution < -0.4 is 10.2 Å². The zero-order valence-electron chi connectivity index (χ0n) is 14.7. The second-order valence-corrected chi connectivity index (χ2v) is 7.58. The van der Waals surface area contributed by atoms with Crippen molar-refractivity contribution < 1.29 is 18.4 Å². The van der Waals surface area contributed by atoms with E-state index >= 15 is 0 Å². The number of carbonyl (C=O) groups is 2. The van der Waals surface area contributed by atoms with E-state index < -0.39 is 5.82 Å². The summed E-state index contributed by atoms with van der Waals surface area (Å²) in [6, 6.07) is 13.2. The minimum absolute atomic E-state index is 0.219. The molecule has 2 heterocycles. The molecule has 0 bridgehead atoms. The summed E-state index contributed by atoms with van der Waals surface area (Å²) < 4.78 is 26.3. The standard InChI is InChI=1S/C21H16F2N2O2S/c22-15-6-4-14(5-7-15)21(27)25-9-8-18-17(25)11-19(28-18)20(26)24-12-13-2-1-3-16(23)10-13/h1-7,10-11H,8-9,12H2,(H,24,26). The fraction of sp³-hybridized carbons (Fsp3) is 0.143. The van der Waals surface area contributed by atoms with E-state index in [4.69, 9.17) is 0 Å². The number of carbonyl (C=O) groups excluding carboxylic acids is 2. The Balaban J connectivity index is 1.47. The van der Waals surface area contributed by atoms with Crippen molar-refractivity contribution in [2.45, 2.75) is 13.0 Å². The minimum Gasteiger partial charge on any atom is -0.347 e. The van der Waals surface area contributed by atoms with Crippen LogP contribution in [0, 0.1) is 11.6 Å². The first-order chi connectivity index (χ1) is 13.5. The van der Waals surface area contributed by atoms with Crippen LogP contribution in [-0.2, 0) is 13.0 Å². The molecule has 28 heavy (non-hydrogen) atoms. The summed E-state index contributed by atoms with van der Waals surface area (Å²) in [5, 5.41) is 2.77. The van der Waals surface area contributed by atoms with Gasteiger partial charge in [-0.3, -0.25) is 9.59 Å². The van der Waals surface area contributed by atoms with Crippen molar-refractivity contribution in [2.75, 3.05) is 11.4 Å². The van der Waals surface area contributed by atoms with Crippen molar-refractivity contribution in [1.29, 1.82) is 0 Å². The fourth-order valence-corrected chi connectivity index (χ4v) is 4.22. The lowest BCUT2D eigenvalue weighted by atomic mass is 10.2. The van der Waals surface area contributed by atoms with Gasteiger partial charge in [0.1, 0.15) is 11.6 Å². The molecule has 0 fully saturated rings. The molecule has 0 saturated carbocycles. The first kappa shape index (κ1) is 18.3. The van der Waals surface area contributed by atoms with Crippen LogP contribution in [0.5, 0.6) is 0 Å². The van der Waals surface area contributed by atoms with Gasteiger partial charge in [-0.05, 0) is 48.0 Å². The van der Waals surface area contributed by atoms with Gasteiger partial charge in [0.15, 0.2) is 0 Å². The van der Waals surface area contributed by atoms with Gasteiger partial charge in [-0.1, -0.05) is 12.1 Å². The van der Waals surface area contributed by atoms with Gasteiger partial charge in [0.05, 0.1) is 10.6 Å². The third kappa shape index (κ3) is 3.66. The SMILES string of the molecule is O=C(NCc1cccc(F)c1)c1cc2c(s1)CCN2C(=O)c1ccc(F)cc1. The van der Waals surface area contributed by atoms with E-state index in [1.165, 1.54) is 47.7 Å². The molecule has 1 aromatic heterocycles. The number of halogens is 2. The molecule has 0 aliphatic carbocycles. The minimum atomic E-state index is -0.397. The molecule has 4 rings (SSSR count). The van der Waals surface area contributed by atoms with Crippen LogP contribution >= 0.6 is 11.3 Å². The number of anilines is 1. The highest BCUT2D eigenvalue weighted by molar-refractivity contribution is 7.14. The molecule has 1 N–H and O–H groups in total. The van der Waals surface area contributed by atoms with E-state index in [1.807, 2.05) is 0 Å². The summed E-state index contributed by atoms with van der Waals surface area (Å²) in [5.41, 5.74) is 1.79. The maximum atomic E-state index is 13.2. The first-order valence-corrected chi connectivity index (χ1v) is 9.56. The average molecular weight is 398 g/mol. The Labute approximate surface area is 164 Å². The van der Waals surface area contributed by atoms with Crippen LogP contribution in [-0.4, -0.2) is 18.4 Å². The molecule has 0 spiro atoms. The topological polar surface area (TPSA) is 49.4 Å². The summed E-state index contributed by atoms with van der Waals surface area (Å²) in [6.45, 7) is 0.750. The van der Waals surface area contributed by atoms with Gasteiger partial charge < -0.3 is 10.2 Å². The van der Waals surface area contributed by atoms with E-state index in [2.05, 4.69) is 5.32 Å². The Hall–Kier alpha value is -3.06. The molecule has 7 heteroatoms. The third-order valence-corrected chi connectivity index (χ3v) is 5.72. The number of amides is 2. The van der Waals surface area contributed by atoms with Crippen LogP contribution in [0.25, 0.3) is 0 Å². The van der Waals surface area contributed by atoms with Crippen LogP contribution in [0.3, 0.4) is 0 Å². The van der Waals surface area contributed by atoms with Crippen molar-refractivity contribution in [3.05, 3.63) is 87.1 Å². The fourth-order valence-electron chi connectivity index (χ4n) is 3.15. The van der Waals surface area contributed by atoms with E-state index in [-0.39, 0.29) is 24.2 Å². The van der Waals surface area contributed by atoms with Crippen molar-refractivity contribution in [1.82, 2.24) is 5.32 Å². The average Bonchev–Trinajstić information content (AvgIpc) is 3.27. The molecule has 0 unspecified atom stereocenters. The summed E-state index contributed by atoms with van der Waals surface area (Å²) in [4.78, 5) is 28.2. The molecular weight excluding hydrogens is 382 g/mol. The number of thiophene rings is 1. The van der Waals surface area contributed by atoms with Crippen LogP contribution in [0.2, 0.25) is 0 Å². The molecular formula is C21H16F2N2O2S. The van der Waals surface area contributed by atoms with Crippen molar-refractivity contribution >= 4 is 28.8 Å². The Morgan fingerprint density at radius 2 is 1.82 bits per heavy atom. The van der Waals surface area contributed by atoms with Gasteiger partial charge in [0.2, 0.25) is 0 Å². The maximum Gasteiger partial charge on any atom is 0.261 e. The highest BCUT2D eigenvalue weighted by atomic mass is 32.1. The van der Waals surface area contributed by atoms with E-state index in [0.29, 0.717) is 29.0 Å². The molecule has 142 valence electrons. The molecule has 3 aromatic rings. The normalized spacial score (nSPS) is 12.7. The smallest absolute Gasteiger partial charge is 0.261 e. The predicted octanol–water partition coefficient (Wildman–Crippen LogP) is 4.16. The number of benzene rings is 2. The van der Waals surface area contributed by atoms with Crippen molar-refractivity contribution in [3.8, 4) is 0 Å². The highest BCUT2D eigenvalue weighted by Crippen LogP contribution is 2.36. The van der Waals surface area contributed by atoms with Gasteiger partial charge >= 0.3 is 0 Å². The van der Waals surface area contributed by atoms with Crippen LogP contribution in [0.4, 0.5) is 14.5 Å². The number of fused-ring (bicyclic) bond motifs is 1. The molecule has 4 nitrogen and oxygen atoms in total. The summed E-state index contributed by atoms with van der Waals surface area (Å²) >= 11 is 1.35. The van der Waals surface area contributed by atoms with Crippen LogP contribution in [0.1, 0.15) is 30.5 Å². The van der Waals surface area contributed by atoms with Crippen molar-refractivity contribution in [3.63, 3.8) is 0 Å². The van der Waals surface area contributed by atoms with Gasteiger partial charge in [0.25, 0.3) is 11.8 Å². The Bertz CT molecular complexity index is 1050. The molecule has 1 aliphatic rings. The lowest BCUT2D eigenvalue weighted by Gasteiger charge is -2.16. The van der Waals surface area contributed by atoms with Gasteiger partial charge in [-0.25, -0.2) is 8.78 Å². The quantitative estimate of drug-likeness (QED) is 0.718. The molecule has 0 radical (unpaired) electrons. The summed E-state index contributed by atoms with van der Waals surface area (Å²) in [5.74, 6) is -1.23. The van der Waals surface area contributed by atoms with Gasteiger partial charge in [0, 0.05) is 30.0 Å². The second kappa shape index (κ2) is 7.52. The Morgan fingerprint density at radius 1 is 1.04 bits per heavy atom. The molecule has 0 atom stereocenters. The number of nitrogens with zero attached hydrogens (tertiary/aromatic N) is 1. The third-order valence-electron chi connectivity index (χ3n) is 4.54. The highest BCUT2D eigenvalue weighted by Gasteiger charge is 2.29. The summed E-state index contributed by atoms with van der Waals surface area (Å²) in [6.07, 6.45) is 0.671. The van der Waals surface area contributed by atoms with Crippen molar-refractivity contribution in [2.24, 2.45) is 0 Å². The van der Waals surface area contributed by atoms with E-state index in [1.54, 1.807) is 23.1 Å². The molecule has 2 aromatic carbocycles. The van der Waals surface area contributed by atoms with E-state index in [9.17, 15) is 18.4 Å². The predicted molar refractivity (Wildman–Crippen MR) is 104 cm³/mol. The number of nitrogens with one attached hydrogen (secondary N) is 1. The number of hydrogen-bond donors (Lipinski definition) is 1.